The quantitative estimate of drug-likeness (QED) is 0.627. The lowest BCUT2D eigenvalue weighted by Gasteiger charge is -2.19. The number of nitrogen functional groups attached to an aromatic ring is 1. The van der Waals surface area contributed by atoms with Gasteiger partial charge in [0, 0.05) is 11.9 Å². The Bertz CT molecular complexity index is 1010. The smallest absolute Gasteiger partial charge is 0.200 e. The highest BCUT2D eigenvalue weighted by Gasteiger charge is 2.14. The lowest BCUT2D eigenvalue weighted by molar-refractivity contribution is 0.417. The van der Waals surface area contributed by atoms with Crippen LogP contribution in [-0.4, -0.2) is 13.1 Å². The van der Waals surface area contributed by atoms with E-state index in [4.69, 9.17) is 15.5 Å². The van der Waals surface area contributed by atoms with E-state index in [0.717, 1.165) is 11.3 Å². The Balaban J connectivity index is 1.57. The minimum absolute atomic E-state index is 0.104. The molecule has 26 heavy (non-hydrogen) atoms. The van der Waals surface area contributed by atoms with Crippen molar-refractivity contribution in [1.29, 1.82) is 0 Å². The van der Waals surface area contributed by atoms with Crippen LogP contribution in [0.1, 0.15) is 11.6 Å². The summed E-state index contributed by atoms with van der Waals surface area (Å²) in [5.41, 5.74) is 8.63. The molecule has 0 aliphatic carbocycles. The molecule has 1 heterocycles. The molecule has 0 saturated carbocycles. The summed E-state index contributed by atoms with van der Waals surface area (Å²) in [4.78, 5) is 4.74. The van der Waals surface area contributed by atoms with Gasteiger partial charge >= 0.3 is 0 Å². The molecular weight excluding hydrogens is 324 g/mol. The van der Waals surface area contributed by atoms with Crippen LogP contribution in [0.15, 0.2) is 77.9 Å². The highest BCUT2D eigenvalue weighted by molar-refractivity contribution is 5.97. The highest BCUT2D eigenvalue weighted by Crippen LogP contribution is 2.28. The molecule has 0 aromatic heterocycles. The Morgan fingerprint density at radius 1 is 1.04 bits per heavy atom. The second-order valence-electron chi connectivity index (χ2n) is 6.11. The molecule has 4 rings (SSSR count). The standard InChI is InChI=1S/C21H20N4O/c1-26-20-9-7-16(13-18(20)22)19-10-11-23-21(25-19)24-17-8-6-14-4-2-3-5-15(14)12-17/h2-13,19H,22H2,1H3,(H2,23,24,25). The first-order chi connectivity index (χ1) is 12.7. The number of fused-ring (bicyclic) bond motifs is 1. The lowest BCUT2D eigenvalue weighted by Crippen LogP contribution is -2.29. The number of benzene rings is 3. The van der Waals surface area contributed by atoms with E-state index >= 15 is 0 Å². The largest absolute Gasteiger partial charge is 0.495 e. The van der Waals surface area contributed by atoms with Gasteiger partial charge in [-0.15, -0.1) is 0 Å². The molecule has 130 valence electrons. The molecule has 1 unspecified atom stereocenters. The molecule has 1 atom stereocenters. The van der Waals surface area contributed by atoms with Crippen LogP contribution in [0.4, 0.5) is 11.4 Å². The van der Waals surface area contributed by atoms with Crippen molar-refractivity contribution in [2.45, 2.75) is 6.04 Å². The van der Waals surface area contributed by atoms with Crippen molar-refractivity contribution >= 4 is 28.1 Å². The molecule has 1 aliphatic rings. The molecular formula is C21H20N4O. The molecule has 0 amide bonds. The van der Waals surface area contributed by atoms with Crippen LogP contribution in [0, 0.1) is 0 Å². The Morgan fingerprint density at radius 3 is 2.69 bits per heavy atom. The monoisotopic (exact) mass is 344 g/mol. The predicted octanol–water partition coefficient (Wildman–Crippen LogP) is 4.06. The maximum atomic E-state index is 6.02. The van der Waals surface area contributed by atoms with E-state index in [2.05, 4.69) is 34.9 Å². The van der Waals surface area contributed by atoms with Gasteiger partial charge in [0.2, 0.25) is 5.96 Å². The first-order valence-corrected chi connectivity index (χ1v) is 8.43. The molecule has 0 radical (unpaired) electrons. The van der Waals surface area contributed by atoms with Crippen molar-refractivity contribution in [3.63, 3.8) is 0 Å². The van der Waals surface area contributed by atoms with Gasteiger partial charge in [-0.2, -0.15) is 0 Å². The second kappa shape index (κ2) is 6.80. The predicted molar refractivity (Wildman–Crippen MR) is 107 cm³/mol. The van der Waals surface area contributed by atoms with E-state index in [1.165, 1.54) is 10.8 Å². The SMILES string of the molecule is COc1ccc(C2C=CNC(Nc3ccc4ccccc4c3)=N2)cc1N. The molecule has 0 bridgehead atoms. The number of anilines is 2. The summed E-state index contributed by atoms with van der Waals surface area (Å²) in [5.74, 6) is 1.37. The van der Waals surface area contributed by atoms with Gasteiger partial charge in [-0.25, -0.2) is 4.99 Å². The van der Waals surface area contributed by atoms with Gasteiger partial charge in [0.15, 0.2) is 0 Å². The van der Waals surface area contributed by atoms with Gasteiger partial charge in [0.1, 0.15) is 5.75 Å². The number of nitrogens with one attached hydrogen (secondary N) is 2. The fourth-order valence-electron chi connectivity index (χ4n) is 3.03. The van der Waals surface area contributed by atoms with E-state index < -0.39 is 0 Å². The lowest BCUT2D eigenvalue weighted by atomic mass is 10.1. The summed E-state index contributed by atoms with van der Waals surface area (Å²) in [6.07, 6.45) is 3.88. The molecule has 4 N–H and O–H groups in total. The Labute approximate surface area is 152 Å². The van der Waals surface area contributed by atoms with Crippen LogP contribution < -0.4 is 21.1 Å². The van der Waals surface area contributed by atoms with Gasteiger partial charge in [-0.3, -0.25) is 0 Å². The molecule has 0 spiro atoms. The fourth-order valence-corrected chi connectivity index (χ4v) is 3.03. The number of nitrogens with zero attached hydrogens (tertiary/aromatic N) is 1. The number of hydrogen-bond donors (Lipinski definition) is 3. The van der Waals surface area contributed by atoms with E-state index in [-0.39, 0.29) is 6.04 Å². The third kappa shape index (κ3) is 3.19. The van der Waals surface area contributed by atoms with Crippen molar-refractivity contribution in [3.05, 3.63) is 78.5 Å². The third-order valence-corrected chi connectivity index (χ3v) is 4.37. The van der Waals surface area contributed by atoms with Crippen LogP contribution in [0.2, 0.25) is 0 Å². The summed E-state index contributed by atoms with van der Waals surface area (Å²) < 4.78 is 5.22. The van der Waals surface area contributed by atoms with Gasteiger partial charge in [0.25, 0.3) is 0 Å². The Kier molecular flexibility index (Phi) is 4.19. The van der Waals surface area contributed by atoms with E-state index in [9.17, 15) is 0 Å². The van der Waals surface area contributed by atoms with Crippen molar-refractivity contribution in [2.75, 3.05) is 18.2 Å². The highest BCUT2D eigenvalue weighted by atomic mass is 16.5. The number of nitrogens with two attached hydrogens (primary N) is 1. The van der Waals surface area contributed by atoms with Gasteiger partial charge in [-0.1, -0.05) is 36.4 Å². The first-order valence-electron chi connectivity index (χ1n) is 8.43. The zero-order valence-corrected chi connectivity index (χ0v) is 14.4. The van der Waals surface area contributed by atoms with Crippen LogP contribution in [0.25, 0.3) is 10.8 Å². The van der Waals surface area contributed by atoms with E-state index in [1.54, 1.807) is 7.11 Å². The van der Waals surface area contributed by atoms with Gasteiger partial charge in [-0.05, 0) is 46.7 Å². The number of aliphatic imine (C=N–C) groups is 1. The summed E-state index contributed by atoms with van der Waals surface area (Å²) >= 11 is 0. The molecule has 1 aliphatic heterocycles. The fraction of sp³-hybridized carbons (Fsp3) is 0.0952. The number of rotatable bonds is 3. The molecule has 3 aromatic rings. The third-order valence-electron chi connectivity index (χ3n) is 4.37. The summed E-state index contributed by atoms with van der Waals surface area (Å²) in [6, 6.07) is 20.2. The maximum Gasteiger partial charge on any atom is 0.200 e. The van der Waals surface area contributed by atoms with Crippen molar-refractivity contribution in [2.24, 2.45) is 4.99 Å². The number of ether oxygens (including phenoxy) is 1. The van der Waals surface area contributed by atoms with E-state index in [0.29, 0.717) is 17.4 Å². The van der Waals surface area contributed by atoms with Crippen molar-refractivity contribution in [3.8, 4) is 5.75 Å². The molecule has 5 heteroatoms. The number of guanidine groups is 1. The summed E-state index contributed by atoms with van der Waals surface area (Å²) in [5, 5.41) is 8.89. The van der Waals surface area contributed by atoms with Gasteiger partial charge in [0.05, 0.1) is 18.8 Å². The Morgan fingerprint density at radius 2 is 1.88 bits per heavy atom. The average molecular weight is 344 g/mol. The normalized spacial score (nSPS) is 16.0. The Hall–Kier alpha value is -3.47. The molecule has 0 saturated heterocycles. The van der Waals surface area contributed by atoms with Crippen LogP contribution in [-0.2, 0) is 0 Å². The molecule has 3 aromatic carbocycles. The number of methoxy groups -OCH3 is 1. The molecule has 5 nitrogen and oxygen atoms in total. The zero-order valence-electron chi connectivity index (χ0n) is 14.4. The second-order valence-corrected chi connectivity index (χ2v) is 6.11. The topological polar surface area (TPSA) is 71.7 Å². The average Bonchev–Trinajstić information content (AvgIpc) is 2.68. The van der Waals surface area contributed by atoms with Gasteiger partial charge < -0.3 is 21.1 Å². The number of hydrogen-bond acceptors (Lipinski definition) is 5. The minimum Gasteiger partial charge on any atom is -0.495 e. The summed E-state index contributed by atoms with van der Waals surface area (Å²) in [6.45, 7) is 0. The van der Waals surface area contributed by atoms with Crippen molar-refractivity contribution < 1.29 is 4.74 Å². The van der Waals surface area contributed by atoms with Crippen molar-refractivity contribution in [1.82, 2.24) is 5.32 Å². The zero-order chi connectivity index (χ0) is 17.9. The van der Waals surface area contributed by atoms with Crippen LogP contribution in [0.5, 0.6) is 5.75 Å². The van der Waals surface area contributed by atoms with Crippen LogP contribution >= 0.6 is 0 Å². The minimum atomic E-state index is -0.104. The molecule has 0 fully saturated rings. The first kappa shape index (κ1) is 16.0. The van der Waals surface area contributed by atoms with E-state index in [1.807, 2.05) is 48.7 Å². The maximum absolute atomic E-state index is 6.02. The summed E-state index contributed by atoms with van der Waals surface area (Å²) in [7, 11) is 1.61. The van der Waals surface area contributed by atoms with Crippen LogP contribution in [0.3, 0.4) is 0 Å².